The fourth-order valence-electron chi connectivity index (χ4n) is 7.91. The highest BCUT2D eigenvalue weighted by Gasteiger charge is 2.42. The van der Waals surface area contributed by atoms with Crippen LogP contribution in [0.5, 0.6) is 0 Å². The molecule has 0 saturated carbocycles. The molecule has 6 aromatic carbocycles. The summed E-state index contributed by atoms with van der Waals surface area (Å²) in [4.78, 5) is 10.8. The van der Waals surface area contributed by atoms with E-state index in [-0.39, 0.29) is 0 Å². The van der Waals surface area contributed by atoms with E-state index in [1.54, 1.807) is 0 Å². The first-order chi connectivity index (χ1) is 23.1. The number of hydrogen-bond donors (Lipinski definition) is 0. The van der Waals surface area contributed by atoms with Gasteiger partial charge < -0.3 is 4.57 Å². The Hall–Kier alpha value is -5.36. The summed E-state index contributed by atoms with van der Waals surface area (Å²) in [5.41, 5.74) is 9.14. The van der Waals surface area contributed by atoms with Crippen molar-refractivity contribution in [1.29, 1.82) is 0 Å². The van der Waals surface area contributed by atoms with E-state index >= 15 is 0 Å². The zero-order valence-electron chi connectivity index (χ0n) is 26.0. The van der Waals surface area contributed by atoms with Gasteiger partial charge in [0.15, 0.2) is 5.82 Å². The maximum Gasteiger partial charge on any atom is 0.160 e. The molecule has 3 nitrogen and oxygen atoms in total. The average molecular weight is 636 g/mol. The number of para-hydroxylation sites is 2. The van der Waals surface area contributed by atoms with Crippen LogP contribution < -0.4 is 10.4 Å². The topological polar surface area (TPSA) is 30.7 Å². The lowest BCUT2D eigenvalue weighted by Gasteiger charge is -2.23. The Morgan fingerprint density at radius 2 is 1.21 bits per heavy atom. The Kier molecular flexibility index (Phi) is 5.60. The highest BCUT2D eigenvalue weighted by atomic mass is 32.1. The van der Waals surface area contributed by atoms with Crippen molar-refractivity contribution in [3.05, 3.63) is 140 Å². The van der Waals surface area contributed by atoms with Gasteiger partial charge in [-0.25, -0.2) is 9.97 Å². The van der Waals surface area contributed by atoms with Crippen LogP contribution in [0.15, 0.2) is 140 Å². The fourth-order valence-corrected chi connectivity index (χ4v) is 12.2. The predicted molar refractivity (Wildman–Crippen MR) is 202 cm³/mol. The van der Waals surface area contributed by atoms with Gasteiger partial charge in [0.05, 0.1) is 28.1 Å². The smallest absolute Gasteiger partial charge is 0.160 e. The van der Waals surface area contributed by atoms with Crippen molar-refractivity contribution in [3.8, 4) is 39.6 Å². The van der Waals surface area contributed by atoms with Gasteiger partial charge in [-0.3, -0.25) is 0 Å². The molecule has 1 aliphatic rings. The molecule has 0 fully saturated rings. The van der Waals surface area contributed by atoms with Gasteiger partial charge >= 0.3 is 0 Å². The molecule has 0 bridgehead atoms. The van der Waals surface area contributed by atoms with Crippen molar-refractivity contribution >= 4 is 71.8 Å². The number of hydrogen-bond acceptors (Lipinski definition) is 3. The molecule has 4 heterocycles. The van der Waals surface area contributed by atoms with E-state index in [2.05, 4.69) is 157 Å². The molecule has 1 aliphatic heterocycles. The zero-order chi connectivity index (χ0) is 31.3. The summed E-state index contributed by atoms with van der Waals surface area (Å²) in [6.07, 6.45) is 0. The van der Waals surface area contributed by atoms with Crippen LogP contribution in [0.4, 0.5) is 0 Å². The second-order valence-electron chi connectivity index (χ2n) is 13.0. The molecule has 47 heavy (non-hydrogen) atoms. The van der Waals surface area contributed by atoms with Crippen LogP contribution in [0.1, 0.15) is 0 Å². The molecule has 222 valence electrons. The van der Waals surface area contributed by atoms with Gasteiger partial charge in [-0.1, -0.05) is 128 Å². The molecule has 0 amide bonds. The van der Waals surface area contributed by atoms with Crippen molar-refractivity contribution < 1.29 is 0 Å². The zero-order valence-corrected chi connectivity index (χ0v) is 27.8. The van der Waals surface area contributed by atoms with Gasteiger partial charge in [0.25, 0.3) is 0 Å². The van der Waals surface area contributed by atoms with Gasteiger partial charge in [0.2, 0.25) is 0 Å². The van der Waals surface area contributed by atoms with Crippen LogP contribution in [0, 0.1) is 0 Å². The van der Waals surface area contributed by atoms with E-state index in [0.29, 0.717) is 0 Å². The van der Waals surface area contributed by atoms with Crippen molar-refractivity contribution in [2.75, 3.05) is 0 Å². The number of fused-ring (bicyclic) bond motifs is 10. The lowest BCUT2D eigenvalue weighted by atomic mass is 10.0. The summed E-state index contributed by atoms with van der Waals surface area (Å²) >= 11 is 1.87. The average Bonchev–Trinajstić information content (AvgIpc) is 3.74. The molecule has 0 atom stereocenters. The van der Waals surface area contributed by atoms with Crippen molar-refractivity contribution in [2.45, 2.75) is 13.1 Å². The first-order valence-electron chi connectivity index (χ1n) is 16.1. The Balaban J connectivity index is 1.36. The van der Waals surface area contributed by atoms with Crippen LogP contribution in [-0.2, 0) is 0 Å². The van der Waals surface area contributed by atoms with Gasteiger partial charge in [0, 0.05) is 42.1 Å². The van der Waals surface area contributed by atoms with E-state index in [0.717, 1.165) is 34.0 Å². The van der Waals surface area contributed by atoms with E-state index < -0.39 is 8.07 Å². The number of nitrogens with zero attached hydrogens (tertiary/aromatic N) is 3. The molecule has 10 rings (SSSR count). The quantitative estimate of drug-likeness (QED) is 0.181. The summed E-state index contributed by atoms with van der Waals surface area (Å²) in [7, 11) is -2.15. The Morgan fingerprint density at radius 3 is 2.06 bits per heavy atom. The summed E-state index contributed by atoms with van der Waals surface area (Å²) in [6, 6.07) is 50.5. The summed E-state index contributed by atoms with van der Waals surface area (Å²) in [6.45, 7) is 4.91. The van der Waals surface area contributed by atoms with E-state index in [9.17, 15) is 0 Å². The molecule has 0 spiro atoms. The molecular weight excluding hydrogens is 607 g/mol. The van der Waals surface area contributed by atoms with Crippen LogP contribution >= 0.6 is 11.3 Å². The second kappa shape index (κ2) is 9.82. The third kappa shape index (κ3) is 3.72. The van der Waals surface area contributed by atoms with Crippen LogP contribution in [-0.4, -0.2) is 22.6 Å². The monoisotopic (exact) mass is 635 g/mol. The number of thiophene rings is 1. The number of benzene rings is 6. The molecule has 5 heteroatoms. The first kappa shape index (κ1) is 26.8. The van der Waals surface area contributed by atoms with Crippen LogP contribution in [0.25, 0.3) is 81.6 Å². The van der Waals surface area contributed by atoms with E-state index in [1.807, 2.05) is 11.3 Å². The van der Waals surface area contributed by atoms with Gasteiger partial charge in [-0.15, -0.1) is 11.3 Å². The molecule has 0 N–H and O–H groups in total. The molecule has 0 aliphatic carbocycles. The summed E-state index contributed by atoms with van der Waals surface area (Å²) in [5, 5.41) is 7.89. The van der Waals surface area contributed by atoms with Gasteiger partial charge in [0.1, 0.15) is 8.07 Å². The Labute approximate surface area is 277 Å². The molecule has 0 unspecified atom stereocenters. The van der Waals surface area contributed by atoms with Crippen molar-refractivity contribution in [2.24, 2.45) is 0 Å². The summed E-state index contributed by atoms with van der Waals surface area (Å²) < 4.78 is 5.12. The van der Waals surface area contributed by atoms with Crippen LogP contribution in [0.3, 0.4) is 0 Å². The molecule has 0 saturated heterocycles. The SMILES string of the molecule is C[Si]1(C)c2ccccc2-c2nc(-c3ccccc3)nc(-c3ccccc3-n3c4ccccc4c4ccc5sc6ccccc6c5c43)c21. The maximum atomic E-state index is 5.51. The van der Waals surface area contributed by atoms with Crippen LogP contribution in [0.2, 0.25) is 13.1 Å². The molecular formula is C42H29N3SSi. The minimum Gasteiger partial charge on any atom is -0.308 e. The minimum absolute atomic E-state index is 0.768. The third-order valence-electron chi connectivity index (χ3n) is 10.00. The van der Waals surface area contributed by atoms with Gasteiger partial charge in [-0.05, 0) is 40.2 Å². The van der Waals surface area contributed by atoms with Crippen molar-refractivity contribution in [3.63, 3.8) is 0 Å². The van der Waals surface area contributed by atoms with Crippen molar-refractivity contribution in [1.82, 2.24) is 14.5 Å². The van der Waals surface area contributed by atoms with E-state index in [4.69, 9.17) is 9.97 Å². The lowest BCUT2D eigenvalue weighted by Crippen LogP contribution is -2.50. The Bertz CT molecular complexity index is 2720. The predicted octanol–water partition coefficient (Wildman–Crippen LogP) is 10.1. The molecule has 9 aromatic rings. The Morgan fingerprint density at radius 1 is 0.553 bits per heavy atom. The largest absolute Gasteiger partial charge is 0.308 e. The highest BCUT2D eigenvalue weighted by molar-refractivity contribution is 7.26. The lowest BCUT2D eigenvalue weighted by molar-refractivity contribution is 1.16. The highest BCUT2D eigenvalue weighted by Crippen LogP contribution is 2.44. The first-order valence-corrected chi connectivity index (χ1v) is 19.9. The normalized spacial score (nSPS) is 13.5. The molecule has 3 aromatic heterocycles. The maximum absolute atomic E-state index is 5.51. The fraction of sp³-hybridized carbons (Fsp3) is 0.0476. The number of aromatic nitrogens is 3. The van der Waals surface area contributed by atoms with E-state index in [1.165, 1.54) is 57.9 Å². The molecule has 0 radical (unpaired) electrons. The minimum atomic E-state index is -2.15. The summed E-state index contributed by atoms with van der Waals surface area (Å²) in [5.74, 6) is 0.768. The number of rotatable bonds is 3. The second-order valence-corrected chi connectivity index (χ2v) is 18.3. The third-order valence-corrected chi connectivity index (χ3v) is 14.6. The van der Waals surface area contributed by atoms with Gasteiger partial charge in [-0.2, -0.15) is 0 Å². The standard InChI is InChI=1S/C42H29N3SSi/c1-47(2)36-23-13-9-19-31(36)39-41(47)38(43-42(44-39)26-14-4-3-5-15-26)29-17-7-11-21-33(29)45-32-20-10-6-16-27(32)28-24-25-35-37(40(28)45)30-18-8-12-22-34(30)46-35/h3-25H,1-2H3.